The normalized spacial score (nSPS) is 12.2. The maximum absolute atomic E-state index is 6.48. The van der Waals surface area contributed by atoms with Crippen molar-refractivity contribution in [3.63, 3.8) is 0 Å². The van der Waals surface area contributed by atoms with Gasteiger partial charge in [-0.3, -0.25) is 4.57 Å². The molecule has 4 aromatic carbocycles. The summed E-state index contributed by atoms with van der Waals surface area (Å²) in [7, 11) is 0. The number of pyridine rings is 1. The first-order valence-electron chi connectivity index (χ1n) is 13.3. The molecule has 4 heteroatoms. The minimum Gasteiger partial charge on any atom is -0.455 e. The lowest BCUT2D eigenvalue weighted by Gasteiger charge is -2.22. The van der Waals surface area contributed by atoms with Gasteiger partial charge in [0.15, 0.2) is 11.5 Å². The number of benzene rings is 4. The Hall–Kier alpha value is -4.44. The van der Waals surface area contributed by atoms with Crippen molar-refractivity contribution in [2.45, 2.75) is 39.5 Å². The quantitative estimate of drug-likeness (QED) is 0.244. The fourth-order valence-corrected chi connectivity index (χ4v) is 5.71. The van der Waals surface area contributed by atoms with Gasteiger partial charge in [0, 0.05) is 16.2 Å². The van der Waals surface area contributed by atoms with Gasteiger partial charge in [0.05, 0.1) is 22.3 Å². The monoisotopic (exact) mass is 495 g/mol. The molecule has 0 atom stereocenters. The smallest absolute Gasteiger partial charge is 0.179 e. The molecule has 186 valence electrons. The average molecular weight is 496 g/mol. The number of rotatable bonds is 4. The minimum atomic E-state index is 0.337. The van der Waals surface area contributed by atoms with E-state index in [1.807, 2.05) is 18.2 Å². The summed E-state index contributed by atoms with van der Waals surface area (Å²) in [5, 5.41) is 3.31. The summed E-state index contributed by atoms with van der Waals surface area (Å²) in [4.78, 5) is 10.2. The summed E-state index contributed by atoms with van der Waals surface area (Å²) in [6.45, 7) is 9.04. The van der Waals surface area contributed by atoms with E-state index in [0.717, 1.165) is 55.4 Å². The van der Waals surface area contributed by atoms with Gasteiger partial charge in [-0.25, -0.2) is 9.97 Å². The maximum Gasteiger partial charge on any atom is 0.179 e. The van der Waals surface area contributed by atoms with Crippen LogP contribution in [0.3, 0.4) is 0 Å². The second-order valence-corrected chi connectivity index (χ2v) is 10.7. The van der Waals surface area contributed by atoms with Crippen molar-refractivity contribution in [1.29, 1.82) is 0 Å². The van der Waals surface area contributed by atoms with Gasteiger partial charge in [0.25, 0.3) is 0 Å². The van der Waals surface area contributed by atoms with Crippen LogP contribution in [0.2, 0.25) is 0 Å². The third-order valence-corrected chi connectivity index (χ3v) is 7.56. The Morgan fingerprint density at radius 1 is 0.684 bits per heavy atom. The first-order valence-corrected chi connectivity index (χ1v) is 13.3. The number of hydrogen-bond acceptors (Lipinski definition) is 3. The van der Waals surface area contributed by atoms with Gasteiger partial charge in [-0.05, 0) is 47.2 Å². The molecule has 0 aliphatic carbocycles. The summed E-state index contributed by atoms with van der Waals surface area (Å²) >= 11 is 0. The van der Waals surface area contributed by atoms with Crippen LogP contribution in [0.5, 0.6) is 0 Å². The van der Waals surface area contributed by atoms with E-state index in [1.54, 1.807) is 0 Å². The number of hydrogen-bond donors (Lipinski definition) is 0. The minimum absolute atomic E-state index is 0.337. The van der Waals surface area contributed by atoms with E-state index < -0.39 is 0 Å². The molecule has 0 bridgehead atoms. The molecule has 0 spiro atoms. The van der Waals surface area contributed by atoms with E-state index in [-0.39, 0.29) is 0 Å². The summed E-state index contributed by atoms with van der Waals surface area (Å²) < 4.78 is 8.82. The SMILES string of the molecule is CC(C)c1cccc(C(C)C)c1-n1c(-c2cccc3c2oc2ccccc23)nc2nc3ccccc3cc21. The molecule has 3 aromatic heterocycles. The Balaban J connectivity index is 1.67. The van der Waals surface area contributed by atoms with E-state index in [0.29, 0.717) is 11.8 Å². The molecule has 7 rings (SSSR count). The van der Waals surface area contributed by atoms with Crippen molar-refractivity contribution < 1.29 is 4.42 Å². The van der Waals surface area contributed by atoms with Gasteiger partial charge < -0.3 is 4.42 Å². The first kappa shape index (κ1) is 22.7. The highest BCUT2D eigenvalue weighted by Gasteiger charge is 2.25. The van der Waals surface area contributed by atoms with E-state index >= 15 is 0 Å². The number of imidazole rings is 1. The van der Waals surface area contributed by atoms with Crippen LogP contribution in [0.4, 0.5) is 0 Å². The number of aromatic nitrogens is 3. The average Bonchev–Trinajstić information content (AvgIpc) is 3.49. The van der Waals surface area contributed by atoms with E-state index in [1.165, 1.54) is 16.8 Å². The lowest BCUT2D eigenvalue weighted by molar-refractivity contribution is 0.669. The Bertz CT molecular complexity index is 1960. The predicted octanol–water partition coefficient (Wildman–Crippen LogP) is 9.39. The lowest BCUT2D eigenvalue weighted by Crippen LogP contribution is -2.08. The van der Waals surface area contributed by atoms with Crippen LogP contribution in [0.1, 0.15) is 50.7 Å². The molecule has 4 nitrogen and oxygen atoms in total. The Morgan fingerprint density at radius 2 is 1.37 bits per heavy atom. The van der Waals surface area contributed by atoms with E-state index in [9.17, 15) is 0 Å². The van der Waals surface area contributed by atoms with Gasteiger partial charge >= 0.3 is 0 Å². The molecule has 0 aliphatic rings. The van der Waals surface area contributed by atoms with Crippen molar-refractivity contribution in [3.05, 3.63) is 102 Å². The van der Waals surface area contributed by atoms with Gasteiger partial charge in [-0.15, -0.1) is 0 Å². The summed E-state index contributed by atoms with van der Waals surface area (Å²) in [5.74, 6) is 1.52. The fourth-order valence-electron chi connectivity index (χ4n) is 5.71. The molecule has 0 saturated carbocycles. The molecule has 0 saturated heterocycles. The highest BCUT2D eigenvalue weighted by atomic mass is 16.3. The molecule has 7 aromatic rings. The topological polar surface area (TPSA) is 43.9 Å². The van der Waals surface area contributed by atoms with Crippen molar-refractivity contribution in [2.75, 3.05) is 0 Å². The van der Waals surface area contributed by atoms with Crippen molar-refractivity contribution in [2.24, 2.45) is 0 Å². The molecule has 0 amide bonds. The van der Waals surface area contributed by atoms with Crippen molar-refractivity contribution >= 4 is 44.0 Å². The highest BCUT2D eigenvalue weighted by Crippen LogP contribution is 2.41. The Labute approximate surface area is 221 Å². The Morgan fingerprint density at radius 3 is 2.16 bits per heavy atom. The van der Waals surface area contributed by atoms with E-state index in [2.05, 4.69) is 105 Å². The number of fused-ring (bicyclic) bond motifs is 5. The molecule has 0 N–H and O–H groups in total. The lowest BCUT2D eigenvalue weighted by atomic mass is 9.92. The summed E-state index contributed by atoms with van der Waals surface area (Å²) in [6, 6.07) is 31.7. The van der Waals surface area contributed by atoms with Crippen LogP contribution >= 0.6 is 0 Å². The van der Waals surface area contributed by atoms with Crippen LogP contribution in [0.15, 0.2) is 95.4 Å². The van der Waals surface area contributed by atoms with Gasteiger partial charge in [-0.2, -0.15) is 0 Å². The zero-order valence-electron chi connectivity index (χ0n) is 22.1. The van der Waals surface area contributed by atoms with Gasteiger partial charge in [0.2, 0.25) is 0 Å². The second-order valence-electron chi connectivity index (χ2n) is 10.7. The van der Waals surface area contributed by atoms with Crippen molar-refractivity contribution in [3.8, 4) is 17.1 Å². The largest absolute Gasteiger partial charge is 0.455 e. The highest BCUT2D eigenvalue weighted by molar-refractivity contribution is 6.09. The van der Waals surface area contributed by atoms with Crippen LogP contribution in [0, 0.1) is 0 Å². The molecular formula is C34H29N3O. The second kappa shape index (κ2) is 8.56. The predicted molar refractivity (Wildman–Crippen MR) is 157 cm³/mol. The van der Waals surface area contributed by atoms with E-state index in [4.69, 9.17) is 14.4 Å². The molecule has 3 heterocycles. The third kappa shape index (κ3) is 3.37. The number of nitrogens with zero attached hydrogens (tertiary/aromatic N) is 3. The van der Waals surface area contributed by atoms with Crippen LogP contribution in [-0.2, 0) is 0 Å². The van der Waals surface area contributed by atoms with Crippen LogP contribution in [-0.4, -0.2) is 14.5 Å². The first-order chi connectivity index (χ1) is 18.5. The standard InChI is InChI=1S/C34H29N3O/c1-20(2)23-13-9-14-24(21(3)4)31(23)37-29-19-22-11-5-7-17-28(22)35-33(29)36-34(37)27-16-10-15-26-25-12-6-8-18-30(25)38-32(26)27/h5-21H,1-4H3. The maximum atomic E-state index is 6.48. The van der Waals surface area contributed by atoms with Crippen LogP contribution in [0.25, 0.3) is 61.1 Å². The zero-order valence-corrected chi connectivity index (χ0v) is 22.1. The molecule has 0 fully saturated rings. The summed E-state index contributed by atoms with van der Waals surface area (Å²) in [6.07, 6.45) is 0. The fraction of sp³-hybridized carbons (Fsp3) is 0.176. The van der Waals surface area contributed by atoms with Crippen LogP contribution < -0.4 is 0 Å². The van der Waals surface area contributed by atoms with Gasteiger partial charge in [0.1, 0.15) is 11.2 Å². The molecule has 0 aliphatic heterocycles. The summed E-state index contributed by atoms with van der Waals surface area (Å²) in [5.41, 5.74) is 9.16. The zero-order chi connectivity index (χ0) is 26.0. The third-order valence-electron chi connectivity index (χ3n) is 7.56. The molecule has 38 heavy (non-hydrogen) atoms. The van der Waals surface area contributed by atoms with Gasteiger partial charge in [-0.1, -0.05) is 94.4 Å². The number of furan rings is 1. The number of para-hydroxylation sites is 4. The molecule has 0 unspecified atom stereocenters. The molecule has 0 radical (unpaired) electrons. The van der Waals surface area contributed by atoms with Crippen molar-refractivity contribution in [1.82, 2.24) is 14.5 Å². The molecular weight excluding hydrogens is 466 g/mol. The Kier molecular flexibility index (Phi) is 5.12.